The van der Waals surface area contributed by atoms with Gasteiger partial charge in [-0.2, -0.15) is 22.7 Å². The number of alkyl halides is 4. The number of aromatic nitrogens is 2. The van der Waals surface area contributed by atoms with Gasteiger partial charge in [0.05, 0.1) is 17.3 Å². The molecule has 0 amide bonds. The molecule has 1 heterocycles. The molecule has 0 bridgehead atoms. The third-order valence-electron chi connectivity index (χ3n) is 4.85. The fourth-order valence-corrected chi connectivity index (χ4v) is 3.85. The van der Waals surface area contributed by atoms with E-state index in [4.69, 9.17) is 23.2 Å². The molecule has 4 aromatic rings. The maximum atomic E-state index is 12.5. The molecule has 1 aromatic heterocycles. The lowest BCUT2D eigenvalue weighted by Crippen LogP contribution is -2.04. The van der Waals surface area contributed by atoms with Crippen LogP contribution in [0.4, 0.5) is 17.6 Å². The van der Waals surface area contributed by atoms with Crippen LogP contribution >= 0.6 is 23.2 Å². The van der Waals surface area contributed by atoms with Crippen LogP contribution in [0.15, 0.2) is 72.8 Å². The van der Waals surface area contributed by atoms with Gasteiger partial charge in [-0.1, -0.05) is 35.3 Å². The highest BCUT2D eigenvalue weighted by atomic mass is 35.5. The molecule has 0 aliphatic rings. The van der Waals surface area contributed by atoms with Gasteiger partial charge in [0.1, 0.15) is 17.2 Å². The average Bonchev–Trinajstić information content (AvgIpc) is 3.11. The Morgan fingerprint density at radius 1 is 0.706 bits per heavy atom. The monoisotopic (exact) mass is 510 g/mol. The predicted molar refractivity (Wildman–Crippen MR) is 122 cm³/mol. The van der Waals surface area contributed by atoms with Crippen molar-refractivity contribution in [3.8, 4) is 34.0 Å². The minimum absolute atomic E-state index is 0.00492. The first kappa shape index (κ1) is 23.9. The van der Waals surface area contributed by atoms with Gasteiger partial charge in [0, 0.05) is 16.1 Å². The highest BCUT2D eigenvalue weighted by Crippen LogP contribution is 2.38. The van der Waals surface area contributed by atoms with Crippen molar-refractivity contribution in [3.05, 3.63) is 88.4 Å². The first-order chi connectivity index (χ1) is 16.3. The van der Waals surface area contributed by atoms with Crippen molar-refractivity contribution < 1.29 is 27.0 Å². The Bertz CT molecular complexity index is 1250. The molecule has 0 aliphatic carbocycles. The molecule has 4 rings (SSSR count). The Kier molecular flexibility index (Phi) is 7.29. The van der Waals surface area contributed by atoms with Crippen molar-refractivity contribution in [2.75, 3.05) is 0 Å². The van der Waals surface area contributed by atoms with Crippen LogP contribution in [0.1, 0.15) is 5.56 Å². The second kappa shape index (κ2) is 10.4. The number of hydrogen-bond acceptors (Lipinski definition) is 3. The molecule has 0 fully saturated rings. The van der Waals surface area contributed by atoms with E-state index in [9.17, 15) is 17.6 Å². The summed E-state index contributed by atoms with van der Waals surface area (Å²) < 4.78 is 60.4. The van der Waals surface area contributed by atoms with Gasteiger partial charge in [0.25, 0.3) is 0 Å². The third-order valence-corrected chi connectivity index (χ3v) is 5.46. The molecule has 0 radical (unpaired) electrons. The lowest BCUT2D eigenvalue weighted by molar-refractivity contribution is -0.0505. The van der Waals surface area contributed by atoms with Crippen molar-refractivity contribution in [1.82, 2.24) is 9.78 Å². The second-order valence-corrected chi connectivity index (χ2v) is 7.92. The van der Waals surface area contributed by atoms with E-state index in [1.165, 1.54) is 24.3 Å². The largest absolute Gasteiger partial charge is 0.435 e. The minimum Gasteiger partial charge on any atom is -0.435 e. The lowest BCUT2D eigenvalue weighted by Gasteiger charge is -2.10. The summed E-state index contributed by atoms with van der Waals surface area (Å²) in [4.78, 5) is 0. The van der Waals surface area contributed by atoms with E-state index in [2.05, 4.69) is 14.6 Å². The third kappa shape index (κ3) is 5.63. The fraction of sp³-hybridized carbons (Fsp3) is 0.125. The van der Waals surface area contributed by atoms with Crippen LogP contribution in [0.3, 0.4) is 0 Å². The lowest BCUT2D eigenvalue weighted by atomic mass is 10.1. The van der Waals surface area contributed by atoms with E-state index in [0.717, 1.165) is 5.56 Å². The Balaban J connectivity index is 1.75. The van der Waals surface area contributed by atoms with Gasteiger partial charge < -0.3 is 9.47 Å². The predicted octanol–water partition coefficient (Wildman–Crippen LogP) is 7.78. The summed E-state index contributed by atoms with van der Waals surface area (Å²) >= 11 is 12.7. The summed E-state index contributed by atoms with van der Waals surface area (Å²) in [5.41, 5.74) is 3.07. The van der Waals surface area contributed by atoms with Gasteiger partial charge in [0.15, 0.2) is 0 Å². The number of halogens is 6. The number of hydrogen-bond donors (Lipinski definition) is 0. The van der Waals surface area contributed by atoms with Gasteiger partial charge in [-0.25, -0.2) is 0 Å². The molecular weight excluding hydrogens is 495 g/mol. The van der Waals surface area contributed by atoms with E-state index in [1.807, 2.05) is 12.1 Å². The summed E-state index contributed by atoms with van der Waals surface area (Å²) in [6.45, 7) is -5.53. The van der Waals surface area contributed by atoms with Crippen LogP contribution < -0.4 is 9.47 Å². The van der Waals surface area contributed by atoms with Crippen LogP contribution in [0, 0.1) is 0 Å². The van der Waals surface area contributed by atoms with Crippen molar-refractivity contribution >= 4 is 23.2 Å². The molecule has 3 aromatic carbocycles. The van der Waals surface area contributed by atoms with E-state index in [-0.39, 0.29) is 11.5 Å². The molecule has 0 saturated carbocycles. The first-order valence-electron chi connectivity index (χ1n) is 9.91. The van der Waals surface area contributed by atoms with Crippen molar-refractivity contribution in [1.29, 1.82) is 0 Å². The van der Waals surface area contributed by atoms with E-state index >= 15 is 0 Å². The maximum Gasteiger partial charge on any atom is 0.387 e. The molecule has 4 nitrogen and oxygen atoms in total. The fourth-order valence-electron chi connectivity index (χ4n) is 3.37. The Morgan fingerprint density at radius 2 is 1.21 bits per heavy atom. The Morgan fingerprint density at radius 3 is 1.71 bits per heavy atom. The Labute approximate surface area is 202 Å². The maximum absolute atomic E-state index is 12.5. The molecule has 0 spiro atoms. The molecule has 0 aliphatic heterocycles. The van der Waals surface area contributed by atoms with E-state index in [1.54, 1.807) is 41.1 Å². The summed E-state index contributed by atoms with van der Waals surface area (Å²) in [6.07, 6.45) is 0. The van der Waals surface area contributed by atoms with Crippen LogP contribution in [-0.2, 0) is 6.54 Å². The molecule has 0 saturated heterocycles. The van der Waals surface area contributed by atoms with Crippen LogP contribution in [-0.4, -0.2) is 23.0 Å². The number of ether oxygens (including phenoxy) is 2. The molecular formula is C24H16Cl2F4N2O2. The number of nitrogens with zero attached hydrogens (tertiary/aromatic N) is 2. The highest BCUT2D eigenvalue weighted by molar-refractivity contribution is 6.35. The standard InChI is InChI=1S/C24H16Cl2F4N2O2/c25-17-7-1-14(2-8-17)13-32-22(16-5-11-19(12-6-16)34-24(29)30)20(26)21(31-32)15-3-9-18(10-4-15)33-23(27)28/h1-12,23-24H,13H2. The van der Waals surface area contributed by atoms with Gasteiger partial charge in [-0.15, -0.1) is 0 Å². The highest BCUT2D eigenvalue weighted by Gasteiger charge is 2.20. The van der Waals surface area contributed by atoms with Gasteiger partial charge >= 0.3 is 13.2 Å². The molecule has 10 heteroatoms. The zero-order valence-corrected chi connectivity index (χ0v) is 18.8. The number of rotatable bonds is 8. The van der Waals surface area contributed by atoms with Crippen LogP contribution in [0.2, 0.25) is 10.0 Å². The SMILES string of the molecule is FC(F)Oc1ccc(-c2nn(Cc3ccc(Cl)cc3)c(-c3ccc(OC(F)F)cc3)c2Cl)cc1. The summed E-state index contributed by atoms with van der Waals surface area (Å²) in [5, 5.41) is 5.54. The summed E-state index contributed by atoms with van der Waals surface area (Å²) in [6, 6.07) is 19.1. The average molecular weight is 511 g/mol. The van der Waals surface area contributed by atoms with Crippen molar-refractivity contribution in [2.45, 2.75) is 19.8 Å². The molecule has 0 N–H and O–H groups in total. The number of benzene rings is 3. The van der Waals surface area contributed by atoms with E-state index in [0.29, 0.717) is 39.1 Å². The molecule has 34 heavy (non-hydrogen) atoms. The van der Waals surface area contributed by atoms with Crippen molar-refractivity contribution in [3.63, 3.8) is 0 Å². The van der Waals surface area contributed by atoms with Gasteiger partial charge in [-0.3, -0.25) is 4.68 Å². The topological polar surface area (TPSA) is 36.3 Å². The molecule has 0 unspecified atom stereocenters. The first-order valence-corrected chi connectivity index (χ1v) is 10.7. The van der Waals surface area contributed by atoms with E-state index < -0.39 is 13.2 Å². The smallest absolute Gasteiger partial charge is 0.387 e. The quantitative estimate of drug-likeness (QED) is 0.227. The van der Waals surface area contributed by atoms with Crippen molar-refractivity contribution in [2.24, 2.45) is 0 Å². The second-order valence-electron chi connectivity index (χ2n) is 7.10. The minimum atomic E-state index is -2.94. The van der Waals surface area contributed by atoms with Crippen LogP contribution in [0.5, 0.6) is 11.5 Å². The normalized spacial score (nSPS) is 11.3. The summed E-state index contributed by atoms with van der Waals surface area (Å²) in [5.74, 6) is 0.0128. The Hall–Kier alpha value is -3.23. The molecule has 0 atom stereocenters. The van der Waals surface area contributed by atoms with Gasteiger partial charge in [0.2, 0.25) is 0 Å². The zero-order chi connectivity index (χ0) is 24.2. The van der Waals surface area contributed by atoms with Crippen LogP contribution in [0.25, 0.3) is 22.5 Å². The van der Waals surface area contributed by atoms with Gasteiger partial charge in [-0.05, 0) is 66.2 Å². The molecule has 176 valence electrons. The summed E-state index contributed by atoms with van der Waals surface area (Å²) in [7, 11) is 0. The zero-order valence-electron chi connectivity index (χ0n) is 17.3.